The van der Waals surface area contributed by atoms with E-state index < -0.39 is 17.0 Å². The summed E-state index contributed by atoms with van der Waals surface area (Å²) >= 11 is 6.93. The summed E-state index contributed by atoms with van der Waals surface area (Å²) in [7, 11) is 1.55. The van der Waals surface area contributed by atoms with Crippen LogP contribution in [0.3, 0.4) is 0 Å². The van der Waals surface area contributed by atoms with Crippen LogP contribution in [0, 0.1) is 5.82 Å². The minimum absolute atomic E-state index is 0.0519. The van der Waals surface area contributed by atoms with E-state index in [0.29, 0.717) is 22.6 Å². The van der Waals surface area contributed by atoms with Crippen LogP contribution in [0.25, 0.3) is 16.8 Å². The molecule has 186 valence electrons. The van der Waals surface area contributed by atoms with Crippen molar-refractivity contribution in [2.24, 2.45) is 0 Å². The first-order valence-corrected chi connectivity index (χ1v) is 12.6. The predicted octanol–water partition coefficient (Wildman–Crippen LogP) is 7.46. The number of halogens is 2. The smallest absolute Gasteiger partial charge is 0.293 e. The highest BCUT2D eigenvalue weighted by Gasteiger charge is 2.35. The second-order valence-corrected chi connectivity index (χ2v) is 9.71. The normalized spacial score (nSPS) is 14.6. The van der Waals surface area contributed by atoms with Crippen LogP contribution in [-0.2, 0) is 17.9 Å². The first-order chi connectivity index (χ1) is 17.9. The highest BCUT2D eigenvalue weighted by molar-refractivity contribution is 8.18. The number of fused-ring (bicyclic) bond motifs is 1. The molecule has 1 fully saturated rings. The van der Waals surface area contributed by atoms with Gasteiger partial charge in [-0.05, 0) is 57.9 Å². The van der Waals surface area contributed by atoms with Crippen molar-refractivity contribution in [1.29, 1.82) is 0 Å². The van der Waals surface area contributed by atoms with E-state index in [1.807, 2.05) is 42.5 Å². The molecule has 0 spiro atoms. The summed E-state index contributed by atoms with van der Waals surface area (Å²) in [6.07, 6.45) is 1.62. The molecular weight excluding hydrogens is 513 g/mol. The van der Waals surface area contributed by atoms with Crippen LogP contribution < -0.4 is 9.47 Å². The molecule has 4 aromatic rings. The van der Waals surface area contributed by atoms with Gasteiger partial charge in [0.1, 0.15) is 12.4 Å². The number of carbonyl (C=O) groups excluding carboxylic acids is 2. The molecule has 4 aromatic carbocycles. The van der Waals surface area contributed by atoms with Gasteiger partial charge in [-0.25, -0.2) is 4.39 Å². The van der Waals surface area contributed by atoms with E-state index in [1.165, 1.54) is 12.1 Å². The topological polar surface area (TPSA) is 55.8 Å². The third-order valence-electron chi connectivity index (χ3n) is 5.98. The molecule has 37 heavy (non-hydrogen) atoms. The van der Waals surface area contributed by atoms with Crippen molar-refractivity contribution in [3.05, 3.63) is 111 Å². The summed E-state index contributed by atoms with van der Waals surface area (Å²) in [5, 5.41) is 1.92. The number of hydrogen-bond acceptors (Lipinski definition) is 5. The maximum Gasteiger partial charge on any atom is 0.293 e. The van der Waals surface area contributed by atoms with Crippen molar-refractivity contribution in [3.8, 4) is 11.5 Å². The number of benzene rings is 4. The molecule has 5 rings (SSSR count). The molecule has 0 aliphatic carbocycles. The minimum Gasteiger partial charge on any atom is -0.493 e. The lowest BCUT2D eigenvalue weighted by molar-refractivity contribution is -0.123. The van der Waals surface area contributed by atoms with Crippen LogP contribution in [0.15, 0.2) is 83.8 Å². The van der Waals surface area contributed by atoms with E-state index in [4.69, 9.17) is 21.1 Å². The second kappa shape index (κ2) is 10.7. The lowest BCUT2D eigenvalue weighted by Crippen LogP contribution is -2.27. The maximum absolute atomic E-state index is 13.4. The molecule has 1 aliphatic rings. The number of rotatable bonds is 7. The minimum atomic E-state index is -0.489. The van der Waals surface area contributed by atoms with Gasteiger partial charge < -0.3 is 9.47 Å². The van der Waals surface area contributed by atoms with E-state index in [9.17, 15) is 14.0 Å². The van der Waals surface area contributed by atoms with Gasteiger partial charge in [0.2, 0.25) is 0 Å². The van der Waals surface area contributed by atoms with E-state index >= 15 is 0 Å². The van der Waals surface area contributed by atoms with Crippen LogP contribution >= 0.6 is 23.4 Å². The molecule has 1 aliphatic heterocycles. The zero-order valence-electron chi connectivity index (χ0n) is 19.7. The largest absolute Gasteiger partial charge is 0.493 e. The fraction of sp³-hybridized carbons (Fsp3) is 0.103. The van der Waals surface area contributed by atoms with Gasteiger partial charge in [0.05, 0.1) is 18.6 Å². The maximum atomic E-state index is 13.4. The molecule has 0 atom stereocenters. The number of ether oxygens (including phenoxy) is 2. The van der Waals surface area contributed by atoms with Gasteiger partial charge in [-0.2, -0.15) is 0 Å². The van der Waals surface area contributed by atoms with Crippen molar-refractivity contribution in [3.63, 3.8) is 0 Å². The Kier molecular flexibility index (Phi) is 7.17. The number of imide groups is 1. The lowest BCUT2D eigenvalue weighted by atomic mass is 10.1. The molecule has 1 heterocycles. The zero-order valence-corrected chi connectivity index (χ0v) is 21.3. The summed E-state index contributed by atoms with van der Waals surface area (Å²) < 4.78 is 25.2. The highest BCUT2D eigenvalue weighted by Crippen LogP contribution is 2.39. The van der Waals surface area contributed by atoms with Crippen LogP contribution in [0.4, 0.5) is 9.18 Å². The van der Waals surface area contributed by atoms with E-state index in [2.05, 4.69) is 0 Å². The highest BCUT2D eigenvalue weighted by atomic mass is 35.5. The Morgan fingerprint density at radius 3 is 2.57 bits per heavy atom. The van der Waals surface area contributed by atoms with Gasteiger partial charge >= 0.3 is 0 Å². The van der Waals surface area contributed by atoms with Crippen molar-refractivity contribution < 1.29 is 23.5 Å². The summed E-state index contributed by atoms with van der Waals surface area (Å²) in [5.74, 6) is 0.0210. The Bertz CT molecular complexity index is 1550. The number of methoxy groups -OCH3 is 1. The van der Waals surface area contributed by atoms with Gasteiger partial charge in [-0.3, -0.25) is 14.5 Å². The average molecular weight is 534 g/mol. The number of thioether (sulfide) groups is 1. The third-order valence-corrected chi connectivity index (χ3v) is 7.24. The number of nitrogens with zero attached hydrogens (tertiary/aromatic N) is 1. The van der Waals surface area contributed by atoms with Crippen LogP contribution in [0.2, 0.25) is 5.02 Å². The standard InChI is InChI=1S/C29H21ClFNO4S/c1-35-25-11-5-8-19(27(25)36-17-21-9-4-7-18-6-2-3-10-23(18)21)14-26-28(33)32(29(34)37-26)16-20-12-13-22(31)15-24(20)30/h2-15H,16-17H2,1H3/b26-14-. The molecule has 1 saturated heterocycles. The molecule has 8 heteroatoms. The SMILES string of the molecule is COc1cccc(/C=C2\SC(=O)N(Cc3ccc(F)cc3Cl)C2=O)c1OCc1cccc2ccccc12. The summed E-state index contributed by atoms with van der Waals surface area (Å²) in [5.41, 5.74) is 2.09. The first-order valence-electron chi connectivity index (χ1n) is 11.4. The molecule has 0 saturated carbocycles. The quantitative estimate of drug-likeness (QED) is 0.231. The average Bonchev–Trinajstić information content (AvgIpc) is 3.16. The molecule has 0 unspecified atom stereocenters. The molecule has 2 amide bonds. The van der Waals surface area contributed by atoms with Gasteiger partial charge in [0.25, 0.3) is 11.1 Å². The molecular formula is C29H21ClFNO4S. The molecule has 0 radical (unpaired) electrons. The summed E-state index contributed by atoms with van der Waals surface area (Å²) in [6.45, 7) is 0.233. The zero-order chi connectivity index (χ0) is 25.9. The number of amides is 2. The number of para-hydroxylation sites is 1. The van der Waals surface area contributed by atoms with Gasteiger partial charge in [0, 0.05) is 10.6 Å². The van der Waals surface area contributed by atoms with Gasteiger partial charge in [-0.1, -0.05) is 72.3 Å². The fourth-order valence-electron chi connectivity index (χ4n) is 4.13. The predicted molar refractivity (Wildman–Crippen MR) is 144 cm³/mol. The Balaban J connectivity index is 1.42. The van der Waals surface area contributed by atoms with E-state index in [-0.39, 0.29) is 23.1 Å². The number of carbonyl (C=O) groups is 2. The number of hydrogen-bond donors (Lipinski definition) is 0. The summed E-state index contributed by atoms with van der Waals surface area (Å²) in [4.78, 5) is 27.1. The van der Waals surface area contributed by atoms with Crippen LogP contribution in [0.5, 0.6) is 11.5 Å². The summed E-state index contributed by atoms with van der Waals surface area (Å²) in [6, 6.07) is 23.3. The van der Waals surface area contributed by atoms with Crippen LogP contribution in [0.1, 0.15) is 16.7 Å². The Labute approximate surface area is 222 Å². The van der Waals surface area contributed by atoms with E-state index in [0.717, 1.165) is 39.1 Å². The van der Waals surface area contributed by atoms with Crippen LogP contribution in [-0.4, -0.2) is 23.2 Å². The van der Waals surface area contributed by atoms with Gasteiger partial charge in [-0.15, -0.1) is 0 Å². The van der Waals surface area contributed by atoms with Crippen molar-refractivity contribution in [2.75, 3.05) is 7.11 Å². The van der Waals surface area contributed by atoms with E-state index in [1.54, 1.807) is 31.4 Å². The Morgan fingerprint density at radius 2 is 1.76 bits per heavy atom. The van der Waals surface area contributed by atoms with Gasteiger partial charge in [0.15, 0.2) is 11.5 Å². The lowest BCUT2D eigenvalue weighted by Gasteiger charge is -2.15. The fourth-order valence-corrected chi connectivity index (χ4v) is 5.18. The Hall–Kier alpha value is -3.81. The second-order valence-electron chi connectivity index (χ2n) is 8.31. The van der Waals surface area contributed by atoms with Crippen molar-refractivity contribution >= 4 is 51.4 Å². The molecule has 0 bridgehead atoms. The van der Waals surface area contributed by atoms with Crippen molar-refractivity contribution in [2.45, 2.75) is 13.2 Å². The monoisotopic (exact) mass is 533 g/mol. The van der Waals surface area contributed by atoms with Crippen molar-refractivity contribution in [1.82, 2.24) is 4.90 Å². The molecule has 0 aromatic heterocycles. The molecule has 0 N–H and O–H groups in total. The Morgan fingerprint density at radius 1 is 0.973 bits per heavy atom. The molecule has 5 nitrogen and oxygen atoms in total. The third kappa shape index (κ3) is 5.19. The first kappa shape index (κ1) is 24.9.